The maximum Gasteiger partial charge on any atom is 0.345 e. The molecule has 154 valence electrons. The second-order valence-corrected chi connectivity index (χ2v) is 8.64. The van der Waals surface area contributed by atoms with Crippen LogP contribution in [0.4, 0.5) is 5.69 Å². The lowest BCUT2D eigenvalue weighted by atomic mass is 9.99. The quantitative estimate of drug-likeness (QED) is 0.518. The summed E-state index contributed by atoms with van der Waals surface area (Å²) in [4.78, 5) is 24.3. The van der Waals surface area contributed by atoms with Gasteiger partial charge in [-0.25, -0.2) is 9.78 Å². The smallest absolute Gasteiger partial charge is 0.345 e. The molecule has 1 saturated heterocycles. The molecule has 1 aromatic carbocycles. The van der Waals surface area contributed by atoms with E-state index in [1.54, 1.807) is 0 Å². The van der Waals surface area contributed by atoms with Crippen molar-refractivity contribution >= 4 is 22.3 Å². The number of piperazine rings is 1. The second kappa shape index (κ2) is 6.67. The minimum Gasteiger partial charge on any atom is -0.422 e. The highest BCUT2D eigenvalue weighted by atomic mass is 16.4. The van der Waals surface area contributed by atoms with Gasteiger partial charge in [0.25, 0.3) is 0 Å². The molecule has 0 unspecified atom stereocenters. The van der Waals surface area contributed by atoms with Crippen molar-refractivity contribution in [3.8, 4) is 11.3 Å². The minimum atomic E-state index is -0.384. The van der Waals surface area contributed by atoms with Gasteiger partial charge in [0, 0.05) is 54.7 Å². The Labute approximate surface area is 174 Å². The highest BCUT2D eigenvalue weighted by Gasteiger charge is 2.30. The Hall–Kier alpha value is -3.19. The van der Waals surface area contributed by atoms with Crippen molar-refractivity contribution in [2.24, 2.45) is 0 Å². The number of benzene rings is 1. The highest BCUT2D eigenvalue weighted by Crippen LogP contribution is 2.29. The molecule has 30 heavy (non-hydrogen) atoms. The van der Waals surface area contributed by atoms with Crippen molar-refractivity contribution in [3.05, 3.63) is 58.5 Å². The van der Waals surface area contributed by atoms with Crippen LogP contribution in [-0.2, 0) is 0 Å². The number of rotatable bonds is 2. The van der Waals surface area contributed by atoms with Crippen LogP contribution in [0.15, 0.2) is 45.9 Å². The van der Waals surface area contributed by atoms with Crippen LogP contribution in [0.1, 0.15) is 25.2 Å². The fourth-order valence-electron chi connectivity index (χ4n) is 4.34. The average Bonchev–Trinajstić information content (AvgIpc) is 3.11. The molecule has 4 heterocycles. The van der Waals surface area contributed by atoms with Gasteiger partial charge in [0.2, 0.25) is 0 Å². The number of aryl methyl sites for hydroxylation is 2. The molecule has 1 aliphatic rings. The summed E-state index contributed by atoms with van der Waals surface area (Å²) in [5, 5.41) is 4.32. The van der Waals surface area contributed by atoms with Gasteiger partial charge in [-0.2, -0.15) is 0 Å². The maximum absolute atomic E-state index is 12.8. The Kier molecular flexibility index (Phi) is 4.18. The third-order valence-electron chi connectivity index (χ3n) is 5.83. The van der Waals surface area contributed by atoms with Gasteiger partial charge in [-0.05, 0) is 45.9 Å². The molecule has 7 heteroatoms. The van der Waals surface area contributed by atoms with E-state index >= 15 is 0 Å². The highest BCUT2D eigenvalue weighted by molar-refractivity contribution is 5.84. The molecular formula is C23H25N5O2. The van der Waals surface area contributed by atoms with E-state index < -0.39 is 0 Å². The number of hydrogen-bond donors (Lipinski definition) is 1. The summed E-state index contributed by atoms with van der Waals surface area (Å²) in [7, 11) is 0. The van der Waals surface area contributed by atoms with E-state index in [-0.39, 0.29) is 11.2 Å². The van der Waals surface area contributed by atoms with Gasteiger partial charge in [0.15, 0.2) is 5.65 Å². The van der Waals surface area contributed by atoms with E-state index in [0.717, 1.165) is 47.7 Å². The zero-order valence-corrected chi connectivity index (χ0v) is 17.7. The third-order valence-corrected chi connectivity index (χ3v) is 5.83. The number of hydrogen-bond acceptors (Lipinski definition) is 6. The van der Waals surface area contributed by atoms with E-state index in [2.05, 4.69) is 40.1 Å². The van der Waals surface area contributed by atoms with E-state index in [9.17, 15) is 4.79 Å². The number of anilines is 1. The monoisotopic (exact) mass is 403 g/mol. The van der Waals surface area contributed by atoms with Crippen LogP contribution in [0.5, 0.6) is 0 Å². The first-order valence-electron chi connectivity index (χ1n) is 10.2. The van der Waals surface area contributed by atoms with Crippen molar-refractivity contribution in [2.45, 2.75) is 33.2 Å². The Morgan fingerprint density at radius 2 is 1.97 bits per heavy atom. The minimum absolute atomic E-state index is 0.00722. The molecular weight excluding hydrogens is 378 g/mol. The summed E-state index contributed by atoms with van der Waals surface area (Å²) in [5.41, 5.74) is 4.78. The van der Waals surface area contributed by atoms with Crippen molar-refractivity contribution in [1.29, 1.82) is 0 Å². The first-order valence-corrected chi connectivity index (χ1v) is 10.2. The predicted octanol–water partition coefficient (Wildman–Crippen LogP) is 3.31. The standard InChI is InChI=1S/C23H25N5O2/c1-14-11-27-12-19(26-21(27)15(2)25-14)18-9-16-5-6-17(10-20(16)30-22(18)29)28-8-7-24-13-23(28,3)4/h5-6,9-12,24H,7-8,13H2,1-4H3. The summed E-state index contributed by atoms with van der Waals surface area (Å²) in [6, 6.07) is 7.95. The molecule has 0 amide bonds. The molecule has 0 saturated carbocycles. The molecule has 0 bridgehead atoms. The molecule has 1 fully saturated rings. The average molecular weight is 403 g/mol. The Bertz CT molecular complexity index is 1330. The van der Waals surface area contributed by atoms with E-state index in [1.807, 2.05) is 48.8 Å². The first kappa shape index (κ1) is 18.8. The second-order valence-electron chi connectivity index (χ2n) is 8.64. The van der Waals surface area contributed by atoms with Crippen molar-refractivity contribution in [2.75, 3.05) is 24.5 Å². The lowest BCUT2D eigenvalue weighted by Crippen LogP contribution is -2.58. The molecule has 1 aliphatic heterocycles. The molecule has 0 radical (unpaired) electrons. The summed E-state index contributed by atoms with van der Waals surface area (Å²) < 4.78 is 7.64. The molecule has 4 aromatic rings. The van der Waals surface area contributed by atoms with E-state index in [4.69, 9.17) is 4.42 Å². The summed E-state index contributed by atoms with van der Waals surface area (Å²) in [6.07, 6.45) is 3.76. The van der Waals surface area contributed by atoms with Crippen molar-refractivity contribution in [3.63, 3.8) is 0 Å². The van der Waals surface area contributed by atoms with E-state index in [1.165, 1.54) is 0 Å². The van der Waals surface area contributed by atoms with Crippen molar-refractivity contribution < 1.29 is 4.42 Å². The SMILES string of the molecule is Cc1cn2cc(-c3cc4ccc(N5CCNCC5(C)C)cc4oc3=O)nc2c(C)n1. The largest absolute Gasteiger partial charge is 0.422 e. The van der Waals surface area contributed by atoms with Crippen LogP contribution >= 0.6 is 0 Å². The maximum atomic E-state index is 12.8. The van der Waals surface area contributed by atoms with Crippen LogP contribution < -0.4 is 15.8 Å². The lowest BCUT2D eigenvalue weighted by molar-refractivity contribution is 0.380. The summed E-state index contributed by atoms with van der Waals surface area (Å²) in [5.74, 6) is 0. The van der Waals surface area contributed by atoms with Crippen LogP contribution in [0.25, 0.3) is 27.9 Å². The fourth-order valence-corrected chi connectivity index (χ4v) is 4.34. The molecule has 0 atom stereocenters. The van der Waals surface area contributed by atoms with Gasteiger partial charge in [0.05, 0.1) is 22.6 Å². The van der Waals surface area contributed by atoms with Crippen LogP contribution in [0, 0.1) is 13.8 Å². The van der Waals surface area contributed by atoms with Gasteiger partial charge in [-0.3, -0.25) is 4.98 Å². The molecule has 1 N–H and O–H groups in total. The Morgan fingerprint density at radius 3 is 2.77 bits per heavy atom. The van der Waals surface area contributed by atoms with Gasteiger partial charge < -0.3 is 19.0 Å². The van der Waals surface area contributed by atoms with Gasteiger partial charge >= 0.3 is 5.63 Å². The normalized spacial score (nSPS) is 16.5. The summed E-state index contributed by atoms with van der Waals surface area (Å²) >= 11 is 0. The molecule has 5 rings (SSSR count). The van der Waals surface area contributed by atoms with Crippen molar-refractivity contribution in [1.82, 2.24) is 19.7 Å². The number of aromatic nitrogens is 3. The predicted molar refractivity (Wildman–Crippen MR) is 118 cm³/mol. The zero-order valence-electron chi connectivity index (χ0n) is 17.7. The van der Waals surface area contributed by atoms with E-state index in [0.29, 0.717) is 16.8 Å². The molecule has 0 aliphatic carbocycles. The van der Waals surface area contributed by atoms with Crippen LogP contribution in [0.3, 0.4) is 0 Å². The van der Waals surface area contributed by atoms with Crippen LogP contribution in [-0.4, -0.2) is 39.5 Å². The Balaban J connectivity index is 1.60. The number of fused-ring (bicyclic) bond motifs is 2. The summed E-state index contributed by atoms with van der Waals surface area (Å²) in [6.45, 7) is 11.0. The first-order chi connectivity index (χ1) is 14.3. The van der Waals surface area contributed by atoms with Gasteiger partial charge in [-0.1, -0.05) is 0 Å². The fraction of sp³-hybridized carbons (Fsp3) is 0.348. The molecule has 3 aromatic heterocycles. The number of nitrogens with zero attached hydrogens (tertiary/aromatic N) is 4. The van der Waals surface area contributed by atoms with Gasteiger partial charge in [0.1, 0.15) is 5.58 Å². The third kappa shape index (κ3) is 3.06. The topological polar surface area (TPSA) is 75.7 Å². The number of imidazole rings is 1. The Morgan fingerprint density at radius 1 is 1.13 bits per heavy atom. The van der Waals surface area contributed by atoms with Gasteiger partial charge in [-0.15, -0.1) is 0 Å². The number of nitrogens with one attached hydrogen (secondary N) is 1. The zero-order chi connectivity index (χ0) is 21.0. The van der Waals surface area contributed by atoms with Crippen LogP contribution in [0.2, 0.25) is 0 Å². The molecule has 7 nitrogen and oxygen atoms in total. The molecule has 0 spiro atoms. The lowest BCUT2D eigenvalue weighted by Gasteiger charge is -2.44.